The van der Waals surface area contributed by atoms with Crippen molar-refractivity contribution in [1.82, 2.24) is 15.5 Å². The summed E-state index contributed by atoms with van der Waals surface area (Å²) in [6.07, 6.45) is 2.06. The summed E-state index contributed by atoms with van der Waals surface area (Å²) in [4.78, 5) is 7.16. The number of likely N-dealkylation sites (N-methyl/N-ethyl adjacent to an activating group) is 1. The van der Waals surface area contributed by atoms with Crippen molar-refractivity contribution in [1.29, 1.82) is 0 Å². The van der Waals surface area contributed by atoms with Gasteiger partial charge in [-0.2, -0.15) is 0 Å². The number of aliphatic imine (C=N–C) groups is 1. The minimum atomic E-state index is 0.0431. The van der Waals surface area contributed by atoms with Crippen LogP contribution in [0.4, 0.5) is 0 Å². The Labute approximate surface area is 164 Å². The lowest BCUT2D eigenvalue weighted by Gasteiger charge is -2.41. The molecule has 27 heavy (non-hydrogen) atoms. The topological polar surface area (TPSA) is 58.1 Å². The molecule has 2 N–H and O–H groups in total. The van der Waals surface area contributed by atoms with Crippen molar-refractivity contribution in [2.24, 2.45) is 4.99 Å². The first-order valence-electron chi connectivity index (χ1n) is 9.96. The van der Waals surface area contributed by atoms with Gasteiger partial charge in [-0.05, 0) is 65.4 Å². The second-order valence-electron chi connectivity index (χ2n) is 7.55. The van der Waals surface area contributed by atoms with Crippen LogP contribution in [0.3, 0.4) is 0 Å². The molecule has 0 aromatic heterocycles. The molecule has 0 radical (unpaired) electrons. The Morgan fingerprint density at radius 1 is 1.30 bits per heavy atom. The van der Waals surface area contributed by atoms with Crippen LogP contribution in [0, 0.1) is 6.92 Å². The van der Waals surface area contributed by atoms with Crippen molar-refractivity contribution >= 4 is 5.96 Å². The first kappa shape index (κ1) is 21.5. The van der Waals surface area contributed by atoms with Gasteiger partial charge < -0.3 is 25.0 Å². The van der Waals surface area contributed by atoms with E-state index >= 15 is 0 Å². The van der Waals surface area contributed by atoms with Gasteiger partial charge in [0.2, 0.25) is 0 Å². The fraction of sp³-hybridized carbons (Fsp3) is 0.667. The van der Waals surface area contributed by atoms with Gasteiger partial charge in [-0.1, -0.05) is 12.1 Å². The molecular weight excluding hydrogens is 340 g/mol. The van der Waals surface area contributed by atoms with Crippen LogP contribution < -0.4 is 15.4 Å². The number of ether oxygens (including phenoxy) is 2. The van der Waals surface area contributed by atoms with E-state index in [9.17, 15) is 0 Å². The smallest absolute Gasteiger partial charge is 0.191 e. The van der Waals surface area contributed by atoms with Crippen LogP contribution >= 0.6 is 0 Å². The highest BCUT2D eigenvalue weighted by atomic mass is 16.5. The third-order valence-electron chi connectivity index (χ3n) is 5.13. The van der Waals surface area contributed by atoms with Crippen molar-refractivity contribution in [3.8, 4) is 5.75 Å². The lowest BCUT2D eigenvalue weighted by molar-refractivity contribution is -0.00255. The summed E-state index contributed by atoms with van der Waals surface area (Å²) >= 11 is 0. The summed E-state index contributed by atoms with van der Waals surface area (Å²) in [7, 11) is 4.28. The highest BCUT2D eigenvalue weighted by Crippen LogP contribution is 2.26. The fourth-order valence-electron chi connectivity index (χ4n) is 3.27. The molecule has 1 aliphatic rings. The molecule has 6 heteroatoms. The Hall–Kier alpha value is -1.79. The molecule has 1 atom stereocenters. The number of hydrogen-bond acceptors (Lipinski definition) is 4. The minimum absolute atomic E-state index is 0.0431. The van der Waals surface area contributed by atoms with Crippen molar-refractivity contribution in [2.45, 2.75) is 45.3 Å². The lowest BCUT2D eigenvalue weighted by Crippen LogP contribution is -2.52. The van der Waals surface area contributed by atoms with Gasteiger partial charge in [-0.3, -0.25) is 4.99 Å². The second kappa shape index (κ2) is 10.5. The summed E-state index contributed by atoms with van der Waals surface area (Å²) in [6, 6.07) is 8.14. The predicted molar refractivity (Wildman–Crippen MR) is 112 cm³/mol. The van der Waals surface area contributed by atoms with E-state index in [1.54, 1.807) is 0 Å². The number of nitrogens with zero attached hydrogens (tertiary/aromatic N) is 2. The van der Waals surface area contributed by atoms with Crippen molar-refractivity contribution in [3.63, 3.8) is 0 Å². The van der Waals surface area contributed by atoms with Crippen LogP contribution in [0.25, 0.3) is 0 Å². The van der Waals surface area contributed by atoms with E-state index in [0.717, 1.165) is 50.9 Å². The number of rotatable bonds is 8. The van der Waals surface area contributed by atoms with Crippen molar-refractivity contribution in [2.75, 3.05) is 46.9 Å². The zero-order valence-corrected chi connectivity index (χ0v) is 17.5. The Morgan fingerprint density at radius 2 is 2.04 bits per heavy atom. The summed E-state index contributed by atoms with van der Waals surface area (Å²) in [5, 5.41) is 6.76. The van der Waals surface area contributed by atoms with Gasteiger partial charge in [0.25, 0.3) is 0 Å². The van der Waals surface area contributed by atoms with Crippen molar-refractivity contribution < 1.29 is 9.47 Å². The maximum atomic E-state index is 6.01. The number of hydrogen-bond donors (Lipinski definition) is 2. The Morgan fingerprint density at radius 3 is 2.67 bits per heavy atom. The van der Waals surface area contributed by atoms with Crippen LogP contribution in [0.15, 0.2) is 29.3 Å². The zero-order chi connectivity index (χ0) is 19.7. The molecule has 1 saturated heterocycles. The Balaban J connectivity index is 1.92. The summed E-state index contributed by atoms with van der Waals surface area (Å²) < 4.78 is 11.6. The molecule has 1 aromatic rings. The van der Waals surface area contributed by atoms with Crippen LogP contribution in [-0.2, 0) is 4.74 Å². The normalized spacial score (nSPS) is 18.2. The summed E-state index contributed by atoms with van der Waals surface area (Å²) in [5.41, 5.74) is 1.28. The minimum Gasteiger partial charge on any atom is -0.489 e. The molecule has 0 bridgehead atoms. The molecule has 1 aromatic carbocycles. The number of nitrogens with one attached hydrogen (secondary N) is 2. The quantitative estimate of drug-likeness (QED) is 0.539. The third kappa shape index (κ3) is 6.70. The summed E-state index contributed by atoms with van der Waals surface area (Å²) in [5.74, 6) is 1.74. The van der Waals surface area contributed by atoms with E-state index in [0.29, 0.717) is 6.54 Å². The maximum absolute atomic E-state index is 6.01. The van der Waals surface area contributed by atoms with E-state index in [2.05, 4.69) is 62.5 Å². The average Bonchev–Trinajstić information content (AvgIpc) is 2.64. The van der Waals surface area contributed by atoms with E-state index < -0.39 is 0 Å². The van der Waals surface area contributed by atoms with E-state index in [-0.39, 0.29) is 11.6 Å². The van der Waals surface area contributed by atoms with Crippen molar-refractivity contribution in [3.05, 3.63) is 29.8 Å². The van der Waals surface area contributed by atoms with Gasteiger partial charge in [0.15, 0.2) is 5.96 Å². The Bertz CT molecular complexity index is 598. The second-order valence-corrected chi connectivity index (χ2v) is 7.55. The average molecular weight is 377 g/mol. The molecule has 1 aliphatic heterocycles. The van der Waals surface area contributed by atoms with Gasteiger partial charge in [0, 0.05) is 25.3 Å². The maximum Gasteiger partial charge on any atom is 0.191 e. The zero-order valence-electron chi connectivity index (χ0n) is 17.5. The molecule has 1 heterocycles. The first-order valence-corrected chi connectivity index (χ1v) is 9.96. The van der Waals surface area contributed by atoms with E-state index in [1.165, 1.54) is 5.56 Å². The van der Waals surface area contributed by atoms with E-state index in [1.807, 2.05) is 12.1 Å². The molecule has 0 aliphatic carbocycles. The molecule has 0 amide bonds. The van der Waals surface area contributed by atoms with Gasteiger partial charge >= 0.3 is 0 Å². The highest BCUT2D eigenvalue weighted by molar-refractivity contribution is 5.79. The largest absolute Gasteiger partial charge is 0.489 e. The first-order chi connectivity index (χ1) is 12.9. The molecular formula is C21H36N4O2. The fourth-order valence-corrected chi connectivity index (χ4v) is 3.27. The molecule has 0 spiro atoms. The van der Waals surface area contributed by atoms with Gasteiger partial charge in [0.1, 0.15) is 11.9 Å². The molecule has 0 saturated carbocycles. The van der Waals surface area contributed by atoms with Crippen LogP contribution in [0.5, 0.6) is 5.75 Å². The lowest BCUT2D eigenvalue weighted by atomic mass is 9.89. The summed E-state index contributed by atoms with van der Waals surface area (Å²) in [6.45, 7) is 10.1. The Kier molecular flexibility index (Phi) is 8.38. The monoisotopic (exact) mass is 376 g/mol. The predicted octanol–water partition coefficient (Wildman–Crippen LogP) is 2.43. The highest BCUT2D eigenvalue weighted by Gasteiger charge is 2.34. The van der Waals surface area contributed by atoms with Crippen LogP contribution in [0.2, 0.25) is 0 Å². The van der Waals surface area contributed by atoms with Gasteiger partial charge in [-0.25, -0.2) is 0 Å². The molecule has 1 fully saturated rings. The third-order valence-corrected chi connectivity index (χ3v) is 5.13. The molecule has 1 unspecified atom stereocenters. The van der Waals surface area contributed by atoms with Gasteiger partial charge in [-0.15, -0.1) is 0 Å². The number of benzene rings is 1. The van der Waals surface area contributed by atoms with Crippen LogP contribution in [0.1, 0.15) is 32.3 Å². The standard InChI is InChI=1S/C21H36N4O2/c1-6-22-20(24-16-21(25(4)5)10-12-26-13-11-21)23-15-18(3)27-19-9-7-8-17(2)14-19/h7-9,14,18H,6,10-13,15-16H2,1-5H3,(H2,22,23,24). The molecule has 2 rings (SSSR count). The molecule has 6 nitrogen and oxygen atoms in total. The van der Waals surface area contributed by atoms with Gasteiger partial charge in [0.05, 0.1) is 13.1 Å². The number of aryl methyl sites for hydroxylation is 1. The molecule has 152 valence electrons. The SMILES string of the molecule is CCNC(=NCC1(N(C)C)CCOCC1)NCC(C)Oc1cccc(C)c1. The number of guanidine groups is 1. The van der Waals surface area contributed by atoms with Crippen LogP contribution in [-0.4, -0.2) is 69.4 Å². The van der Waals surface area contributed by atoms with E-state index in [4.69, 9.17) is 14.5 Å².